The first-order valence-electron chi connectivity index (χ1n) is 7.33. The van der Waals surface area contributed by atoms with E-state index >= 15 is 0 Å². The van der Waals surface area contributed by atoms with Crippen LogP contribution >= 0.6 is 23.2 Å². The third-order valence-corrected chi connectivity index (χ3v) is 3.91. The molecule has 8 heteroatoms. The minimum atomic E-state index is -0.288. The molecule has 0 saturated heterocycles. The number of benzene rings is 2. The zero-order valence-corrected chi connectivity index (χ0v) is 15.2. The lowest BCUT2D eigenvalue weighted by Crippen LogP contribution is -2.22. The second-order valence-electron chi connectivity index (χ2n) is 5.13. The van der Waals surface area contributed by atoms with Crippen molar-refractivity contribution >= 4 is 52.1 Å². The fourth-order valence-corrected chi connectivity index (χ4v) is 2.37. The van der Waals surface area contributed by atoms with Crippen molar-refractivity contribution in [2.24, 2.45) is 0 Å². The van der Waals surface area contributed by atoms with E-state index in [4.69, 9.17) is 27.9 Å². The third-order valence-electron chi connectivity index (χ3n) is 3.17. The Morgan fingerprint density at radius 1 is 1.00 bits per heavy atom. The van der Waals surface area contributed by atoms with Crippen molar-refractivity contribution < 1.29 is 14.3 Å². The Bertz CT molecular complexity index is 797. The van der Waals surface area contributed by atoms with E-state index in [1.807, 2.05) is 0 Å². The molecule has 2 aromatic carbocycles. The largest absolute Gasteiger partial charge is 0.495 e. The molecule has 0 aliphatic carbocycles. The molecule has 0 aliphatic rings. The highest BCUT2D eigenvalue weighted by atomic mass is 35.5. The average Bonchev–Trinajstić information content (AvgIpc) is 2.56. The van der Waals surface area contributed by atoms with E-state index in [0.29, 0.717) is 32.9 Å². The monoisotopic (exact) mass is 381 g/mol. The maximum atomic E-state index is 12.2. The van der Waals surface area contributed by atoms with E-state index in [1.54, 1.807) is 36.4 Å². The van der Waals surface area contributed by atoms with Gasteiger partial charge in [0.1, 0.15) is 5.75 Å². The lowest BCUT2D eigenvalue weighted by atomic mass is 10.2. The number of carbonyl (C=O) groups is 2. The van der Waals surface area contributed by atoms with Gasteiger partial charge in [-0.3, -0.25) is 9.59 Å². The van der Waals surface area contributed by atoms with Crippen LogP contribution in [0.15, 0.2) is 36.4 Å². The quantitative estimate of drug-likeness (QED) is 0.705. The normalized spacial score (nSPS) is 10.1. The predicted molar refractivity (Wildman–Crippen MR) is 101 cm³/mol. The van der Waals surface area contributed by atoms with Gasteiger partial charge in [0.2, 0.25) is 11.8 Å². The van der Waals surface area contributed by atoms with Gasteiger partial charge in [-0.15, -0.1) is 0 Å². The molecule has 0 heterocycles. The Hall–Kier alpha value is -2.44. The minimum absolute atomic E-state index is 0.0193. The van der Waals surface area contributed by atoms with Gasteiger partial charge in [-0.05, 0) is 36.4 Å². The first-order valence-corrected chi connectivity index (χ1v) is 8.09. The van der Waals surface area contributed by atoms with Gasteiger partial charge in [0.05, 0.1) is 29.4 Å². The van der Waals surface area contributed by atoms with Gasteiger partial charge in [0, 0.05) is 18.3 Å². The standard InChI is InChI=1S/C17H17Cl2N3O3/c1-10(23)21-12-4-6-16(25-2)15(8-12)22-17(24)9-20-11-3-5-13(18)14(19)7-11/h3-8,20H,9H2,1-2H3,(H,21,23)(H,22,24). The number of carbonyl (C=O) groups excluding carboxylic acids is 2. The number of methoxy groups -OCH3 is 1. The highest BCUT2D eigenvalue weighted by Gasteiger charge is 2.10. The molecule has 25 heavy (non-hydrogen) atoms. The Kier molecular flexibility index (Phi) is 6.50. The molecule has 0 unspecified atom stereocenters. The second kappa shape index (κ2) is 8.60. The van der Waals surface area contributed by atoms with E-state index in [9.17, 15) is 9.59 Å². The summed E-state index contributed by atoms with van der Waals surface area (Å²) in [4.78, 5) is 23.3. The molecule has 0 spiro atoms. The lowest BCUT2D eigenvalue weighted by Gasteiger charge is -2.13. The van der Waals surface area contributed by atoms with Crippen LogP contribution in [0, 0.1) is 0 Å². The molecule has 0 atom stereocenters. The number of nitrogens with one attached hydrogen (secondary N) is 3. The number of anilines is 3. The summed E-state index contributed by atoms with van der Waals surface area (Å²) >= 11 is 11.8. The van der Waals surface area contributed by atoms with Crippen molar-refractivity contribution in [3.05, 3.63) is 46.4 Å². The summed E-state index contributed by atoms with van der Waals surface area (Å²) in [5, 5.41) is 9.18. The summed E-state index contributed by atoms with van der Waals surface area (Å²) in [5.74, 6) is -0.00920. The van der Waals surface area contributed by atoms with Gasteiger partial charge >= 0.3 is 0 Å². The Labute approximate surface area is 155 Å². The van der Waals surface area contributed by atoms with Crippen molar-refractivity contribution in [3.63, 3.8) is 0 Å². The topological polar surface area (TPSA) is 79.5 Å². The van der Waals surface area contributed by atoms with Crippen molar-refractivity contribution in [3.8, 4) is 5.75 Å². The number of hydrogen-bond donors (Lipinski definition) is 3. The molecule has 6 nitrogen and oxygen atoms in total. The predicted octanol–water partition coefficient (Wildman–Crippen LogP) is 4.01. The molecule has 2 rings (SSSR count). The Morgan fingerprint density at radius 3 is 2.36 bits per heavy atom. The zero-order chi connectivity index (χ0) is 18.4. The summed E-state index contributed by atoms with van der Waals surface area (Å²) in [6.45, 7) is 1.43. The van der Waals surface area contributed by atoms with Gasteiger partial charge in [0.25, 0.3) is 0 Å². The first kappa shape index (κ1) is 18.9. The fraction of sp³-hybridized carbons (Fsp3) is 0.176. The third kappa shape index (κ3) is 5.55. The molecule has 0 bridgehead atoms. The van der Waals surface area contributed by atoms with Gasteiger partial charge in [-0.1, -0.05) is 23.2 Å². The Balaban J connectivity index is 2.03. The van der Waals surface area contributed by atoms with Crippen LogP contribution in [0.2, 0.25) is 10.0 Å². The molecule has 2 amide bonds. The van der Waals surface area contributed by atoms with Crippen molar-refractivity contribution in [2.45, 2.75) is 6.92 Å². The highest BCUT2D eigenvalue weighted by molar-refractivity contribution is 6.42. The zero-order valence-electron chi connectivity index (χ0n) is 13.7. The molecular formula is C17H17Cl2N3O3. The number of hydrogen-bond acceptors (Lipinski definition) is 4. The molecule has 0 saturated carbocycles. The van der Waals surface area contributed by atoms with Crippen LogP contribution in [-0.4, -0.2) is 25.5 Å². The maximum absolute atomic E-state index is 12.2. The summed E-state index contributed by atoms with van der Waals surface area (Å²) in [7, 11) is 1.50. The lowest BCUT2D eigenvalue weighted by molar-refractivity contribution is -0.115. The maximum Gasteiger partial charge on any atom is 0.243 e. The van der Waals surface area contributed by atoms with Crippen molar-refractivity contribution in [1.29, 1.82) is 0 Å². The van der Waals surface area contributed by atoms with E-state index in [1.165, 1.54) is 14.0 Å². The van der Waals surface area contributed by atoms with E-state index in [0.717, 1.165) is 0 Å². The minimum Gasteiger partial charge on any atom is -0.495 e. The molecule has 132 valence electrons. The van der Waals surface area contributed by atoms with Crippen molar-refractivity contribution in [2.75, 3.05) is 29.6 Å². The Morgan fingerprint density at radius 2 is 1.72 bits per heavy atom. The highest BCUT2D eigenvalue weighted by Crippen LogP contribution is 2.28. The summed E-state index contributed by atoms with van der Waals surface area (Å²) in [5.41, 5.74) is 1.68. The van der Waals surface area contributed by atoms with Crippen LogP contribution in [0.25, 0.3) is 0 Å². The van der Waals surface area contributed by atoms with Crippen LogP contribution < -0.4 is 20.7 Å². The van der Waals surface area contributed by atoms with Gasteiger partial charge < -0.3 is 20.7 Å². The molecule has 0 aromatic heterocycles. The van der Waals surface area contributed by atoms with Crippen LogP contribution in [0.4, 0.5) is 17.1 Å². The number of amides is 2. The van der Waals surface area contributed by atoms with Crippen LogP contribution in [-0.2, 0) is 9.59 Å². The fourth-order valence-electron chi connectivity index (χ4n) is 2.07. The van der Waals surface area contributed by atoms with Crippen molar-refractivity contribution in [1.82, 2.24) is 0 Å². The average molecular weight is 382 g/mol. The molecule has 3 N–H and O–H groups in total. The van der Waals surface area contributed by atoms with Crippen LogP contribution in [0.5, 0.6) is 5.75 Å². The van der Waals surface area contributed by atoms with E-state index in [2.05, 4.69) is 16.0 Å². The van der Waals surface area contributed by atoms with E-state index in [-0.39, 0.29) is 18.4 Å². The SMILES string of the molecule is COc1ccc(NC(C)=O)cc1NC(=O)CNc1ccc(Cl)c(Cl)c1. The number of halogens is 2. The molecular weight excluding hydrogens is 365 g/mol. The first-order chi connectivity index (χ1) is 11.9. The smallest absolute Gasteiger partial charge is 0.243 e. The van der Waals surface area contributed by atoms with Crippen LogP contribution in [0.3, 0.4) is 0 Å². The summed E-state index contributed by atoms with van der Waals surface area (Å²) in [6.07, 6.45) is 0. The second-order valence-corrected chi connectivity index (χ2v) is 5.94. The molecule has 2 aromatic rings. The number of ether oxygens (including phenoxy) is 1. The molecule has 0 fully saturated rings. The van der Waals surface area contributed by atoms with Gasteiger partial charge in [0.15, 0.2) is 0 Å². The van der Waals surface area contributed by atoms with Gasteiger partial charge in [-0.25, -0.2) is 0 Å². The van der Waals surface area contributed by atoms with Gasteiger partial charge in [-0.2, -0.15) is 0 Å². The molecule has 0 aliphatic heterocycles. The van der Waals surface area contributed by atoms with E-state index < -0.39 is 0 Å². The summed E-state index contributed by atoms with van der Waals surface area (Å²) < 4.78 is 5.22. The molecule has 0 radical (unpaired) electrons. The summed E-state index contributed by atoms with van der Waals surface area (Å²) in [6, 6.07) is 9.97. The number of rotatable bonds is 6. The van der Waals surface area contributed by atoms with Crippen LogP contribution in [0.1, 0.15) is 6.92 Å².